The second-order valence-corrected chi connectivity index (χ2v) is 6.36. The molecule has 2 bridgehead atoms. The number of ether oxygens (including phenoxy) is 1. The summed E-state index contributed by atoms with van der Waals surface area (Å²) in [6, 6.07) is 9.54. The van der Waals surface area contributed by atoms with Crippen molar-refractivity contribution in [1.29, 1.82) is 0 Å². The van der Waals surface area contributed by atoms with E-state index in [4.69, 9.17) is 4.74 Å². The molecule has 2 aliphatic rings. The number of fused-ring (bicyclic) bond motifs is 2. The Kier molecular flexibility index (Phi) is 3.90. The molecule has 3 heterocycles. The summed E-state index contributed by atoms with van der Waals surface area (Å²) in [5, 5.41) is 2.99. The number of nitrogens with zero attached hydrogens (tertiary/aromatic N) is 3. The van der Waals surface area contributed by atoms with Gasteiger partial charge in [-0.25, -0.2) is 14.8 Å². The number of rotatable bonds is 2. The van der Waals surface area contributed by atoms with Crippen molar-refractivity contribution in [3.63, 3.8) is 0 Å². The van der Waals surface area contributed by atoms with Gasteiger partial charge in [0.25, 0.3) is 0 Å². The van der Waals surface area contributed by atoms with Crippen molar-refractivity contribution in [2.45, 2.75) is 32.0 Å². The zero-order chi connectivity index (χ0) is 16.5. The Morgan fingerprint density at radius 2 is 2.04 bits per heavy atom. The maximum atomic E-state index is 12.5. The predicted octanol–water partition coefficient (Wildman–Crippen LogP) is 2.85. The molecular formula is C18H20N4O2. The van der Waals surface area contributed by atoms with E-state index >= 15 is 0 Å². The molecule has 1 N–H and O–H groups in total. The molecule has 2 saturated heterocycles. The van der Waals surface area contributed by atoms with Crippen LogP contribution in [-0.4, -0.2) is 46.2 Å². The van der Waals surface area contributed by atoms with Crippen molar-refractivity contribution < 1.29 is 9.53 Å². The van der Waals surface area contributed by atoms with Crippen LogP contribution in [0.15, 0.2) is 36.5 Å². The number of benzene rings is 1. The zero-order valence-corrected chi connectivity index (χ0v) is 13.6. The number of amides is 2. The summed E-state index contributed by atoms with van der Waals surface area (Å²) in [7, 11) is 0. The standard InChI is InChI=1S/C18H20N4O2/c1-12-19-8-7-17(20-12)13-3-2-4-14(9-13)21-18(23)22-10-15-5-6-16(11-22)24-15/h2-4,7-9,15-16H,5-6,10-11H2,1H3,(H,21,23)/t15-,16+. The first-order chi connectivity index (χ1) is 11.7. The lowest BCUT2D eigenvalue weighted by Gasteiger charge is -2.32. The maximum absolute atomic E-state index is 12.5. The van der Waals surface area contributed by atoms with E-state index in [0.717, 1.165) is 35.6 Å². The van der Waals surface area contributed by atoms with Crippen molar-refractivity contribution in [2.75, 3.05) is 18.4 Å². The van der Waals surface area contributed by atoms with Crippen molar-refractivity contribution in [3.8, 4) is 11.3 Å². The lowest BCUT2D eigenvalue weighted by Crippen LogP contribution is -2.47. The number of carbonyl (C=O) groups excluding carboxylic acids is 1. The number of anilines is 1. The van der Waals surface area contributed by atoms with E-state index in [1.807, 2.05) is 42.2 Å². The highest BCUT2D eigenvalue weighted by atomic mass is 16.5. The van der Waals surface area contributed by atoms with Gasteiger partial charge in [-0.15, -0.1) is 0 Å². The fourth-order valence-electron chi connectivity index (χ4n) is 3.36. The number of likely N-dealkylation sites (tertiary alicyclic amines) is 1. The Morgan fingerprint density at radius 3 is 2.79 bits per heavy atom. The molecule has 24 heavy (non-hydrogen) atoms. The highest BCUT2D eigenvalue weighted by Gasteiger charge is 2.35. The molecule has 0 aliphatic carbocycles. The van der Waals surface area contributed by atoms with E-state index in [1.165, 1.54) is 0 Å². The minimum absolute atomic E-state index is 0.0637. The molecule has 1 aromatic heterocycles. The molecule has 0 spiro atoms. The molecule has 124 valence electrons. The third kappa shape index (κ3) is 3.10. The summed E-state index contributed by atoms with van der Waals surface area (Å²) >= 11 is 0. The van der Waals surface area contributed by atoms with Gasteiger partial charge in [-0.3, -0.25) is 0 Å². The lowest BCUT2D eigenvalue weighted by molar-refractivity contribution is -0.0219. The second kappa shape index (κ2) is 6.20. The van der Waals surface area contributed by atoms with E-state index in [0.29, 0.717) is 13.1 Å². The number of nitrogens with one attached hydrogen (secondary N) is 1. The van der Waals surface area contributed by atoms with Crippen LogP contribution < -0.4 is 5.32 Å². The highest BCUT2D eigenvalue weighted by Crippen LogP contribution is 2.27. The fourth-order valence-corrected chi connectivity index (χ4v) is 3.36. The predicted molar refractivity (Wildman–Crippen MR) is 90.7 cm³/mol. The first-order valence-electron chi connectivity index (χ1n) is 8.29. The van der Waals surface area contributed by atoms with Gasteiger partial charge >= 0.3 is 6.03 Å². The van der Waals surface area contributed by atoms with Crippen molar-refractivity contribution in [1.82, 2.24) is 14.9 Å². The molecule has 0 unspecified atom stereocenters. The van der Waals surface area contributed by atoms with Crippen LogP contribution in [-0.2, 0) is 4.74 Å². The summed E-state index contributed by atoms with van der Waals surface area (Å²) in [4.78, 5) is 22.9. The van der Waals surface area contributed by atoms with Crippen molar-refractivity contribution in [2.24, 2.45) is 0 Å². The summed E-state index contributed by atoms with van der Waals surface area (Å²) in [6.07, 6.45) is 4.25. The lowest BCUT2D eigenvalue weighted by atomic mass is 10.1. The third-order valence-electron chi connectivity index (χ3n) is 4.52. The first-order valence-corrected chi connectivity index (χ1v) is 8.29. The summed E-state index contributed by atoms with van der Waals surface area (Å²) in [6.45, 7) is 3.21. The average Bonchev–Trinajstić information content (AvgIpc) is 2.93. The molecule has 2 aliphatic heterocycles. The number of morpholine rings is 1. The quantitative estimate of drug-likeness (QED) is 0.922. The van der Waals surface area contributed by atoms with Crippen LogP contribution in [0.25, 0.3) is 11.3 Å². The van der Waals surface area contributed by atoms with Gasteiger partial charge in [0.05, 0.1) is 17.9 Å². The van der Waals surface area contributed by atoms with Crippen LogP contribution in [0.2, 0.25) is 0 Å². The van der Waals surface area contributed by atoms with Crippen LogP contribution in [0.3, 0.4) is 0 Å². The minimum atomic E-state index is -0.0637. The van der Waals surface area contributed by atoms with E-state index in [-0.39, 0.29) is 18.2 Å². The van der Waals surface area contributed by atoms with Gasteiger partial charge in [-0.1, -0.05) is 12.1 Å². The minimum Gasteiger partial charge on any atom is -0.371 e. The average molecular weight is 324 g/mol. The molecule has 2 amide bonds. The molecule has 2 fully saturated rings. The Bertz CT molecular complexity index is 752. The van der Waals surface area contributed by atoms with Gasteiger partial charge in [0.1, 0.15) is 5.82 Å². The molecule has 0 radical (unpaired) electrons. The van der Waals surface area contributed by atoms with Crippen LogP contribution in [0, 0.1) is 6.92 Å². The van der Waals surface area contributed by atoms with E-state index in [2.05, 4.69) is 15.3 Å². The fraction of sp³-hybridized carbons (Fsp3) is 0.389. The smallest absolute Gasteiger partial charge is 0.322 e. The number of urea groups is 1. The van der Waals surface area contributed by atoms with Crippen LogP contribution in [0.5, 0.6) is 0 Å². The Hall–Kier alpha value is -2.47. The number of carbonyl (C=O) groups is 1. The topological polar surface area (TPSA) is 67.4 Å². The van der Waals surface area contributed by atoms with E-state index < -0.39 is 0 Å². The zero-order valence-electron chi connectivity index (χ0n) is 13.6. The van der Waals surface area contributed by atoms with Gasteiger partial charge < -0.3 is 15.0 Å². The highest BCUT2D eigenvalue weighted by molar-refractivity contribution is 5.90. The summed E-state index contributed by atoms with van der Waals surface area (Å²) < 4.78 is 5.78. The summed E-state index contributed by atoms with van der Waals surface area (Å²) in [5.74, 6) is 0.728. The largest absolute Gasteiger partial charge is 0.371 e. The molecule has 6 heteroatoms. The number of hydrogen-bond acceptors (Lipinski definition) is 4. The van der Waals surface area contributed by atoms with Gasteiger partial charge in [0.2, 0.25) is 0 Å². The Balaban J connectivity index is 1.49. The first kappa shape index (κ1) is 15.1. The molecule has 1 aromatic carbocycles. The SMILES string of the molecule is Cc1nccc(-c2cccc(NC(=O)N3C[C@H]4CC[C@@H](C3)O4)c2)n1. The third-order valence-corrected chi connectivity index (χ3v) is 4.52. The van der Waals surface area contributed by atoms with Crippen LogP contribution >= 0.6 is 0 Å². The van der Waals surface area contributed by atoms with E-state index in [9.17, 15) is 4.79 Å². The van der Waals surface area contributed by atoms with Gasteiger partial charge in [0, 0.05) is 30.5 Å². The van der Waals surface area contributed by atoms with Crippen LogP contribution in [0.1, 0.15) is 18.7 Å². The number of aryl methyl sites for hydroxylation is 1. The van der Waals surface area contributed by atoms with Gasteiger partial charge in [0.15, 0.2) is 0 Å². The van der Waals surface area contributed by atoms with Crippen molar-refractivity contribution >= 4 is 11.7 Å². The maximum Gasteiger partial charge on any atom is 0.322 e. The number of aromatic nitrogens is 2. The number of hydrogen-bond donors (Lipinski definition) is 1. The molecule has 0 saturated carbocycles. The molecule has 6 nitrogen and oxygen atoms in total. The molecule has 4 rings (SSSR count). The van der Waals surface area contributed by atoms with Gasteiger partial charge in [-0.2, -0.15) is 0 Å². The molecular weight excluding hydrogens is 304 g/mol. The Labute approximate surface area is 140 Å². The van der Waals surface area contributed by atoms with Gasteiger partial charge in [-0.05, 0) is 38.0 Å². The normalized spacial score (nSPS) is 22.5. The van der Waals surface area contributed by atoms with Crippen molar-refractivity contribution in [3.05, 3.63) is 42.4 Å². The van der Waals surface area contributed by atoms with E-state index in [1.54, 1.807) is 6.20 Å². The Morgan fingerprint density at radius 1 is 1.25 bits per heavy atom. The monoisotopic (exact) mass is 324 g/mol. The molecule has 2 atom stereocenters. The second-order valence-electron chi connectivity index (χ2n) is 6.36. The summed E-state index contributed by atoms with van der Waals surface area (Å²) in [5.41, 5.74) is 2.58. The van der Waals surface area contributed by atoms with Crippen LogP contribution in [0.4, 0.5) is 10.5 Å². The molecule has 2 aromatic rings.